The van der Waals surface area contributed by atoms with Crippen LogP contribution in [0.15, 0.2) is 44.7 Å². The minimum atomic E-state index is -1.02. The summed E-state index contributed by atoms with van der Waals surface area (Å²) in [5, 5.41) is 40.2. The van der Waals surface area contributed by atoms with E-state index in [0.29, 0.717) is 5.52 Å². The predicted molar refractivity (Wildman–Crippen MR) is 145 cm³/mol. The number of benzene rings is 2. The Bertz CT molecular complexity index is 1720. The largest absolute Gasteiger partial charge is 0.504 e. The van der Waals surface area contributed by atoms with Crippen molar-refractivity contribution in [2.45, 2.75) is 31.7 Å². The Morgan fingerprint density at radius 1 is 1.00 bits per heavy atom. The van der Waals surface area contributed by atoms with Crippen molar-refractivity contribution in [3.8, 4) is 34.1 Å². The van der Waals surface area contributed by atoms with Crippen molar-refractivity contribution in [1.82, 2.24) is 4.57 Å². The molecule has 4 aromatic rings. The van der Waals surface area contributed by atoms with Crippen LogP contribution in [-0.2, 0) is 11.8 Å². The van der Waals surface area contributed by atoms with Crippen molar-refractivity contribution in [3.63, 3.8) is 0 Å². The summed E-state index contributed by atoms with van der Waals surface area (Å²) < 4.78 is 12.4. The van der Waals surface area contributed by atoms with Gasteiger partial charge in [-0.3, -0.25) is 9.59 Å². The van der Waals surface area contributed by atoms with E-state index < -0.39 is 45.4 Å². The predicted octanol–water partition coefficient (Wildman–Crippen LogP) is 3.23. The SMILES string of the molecule is Cl.Cn1cc(-c2coc3cc(O)c(O)c(C(=O)OCC4CCC(N)CC4)c3c2=O)c(=O)c2cc(O)c(O)cc21. The molecule has 2 heterocycles. The van der Waals surface area contributed by atoms with Crippen molar-refractivity contribution in [2.24, 2.45) is 18.7 Å². The zero-order chi connectivity index (χ0) is 27.3. The minimum absolute atomic E-state index is 0. The maximum Gasteiger partial charge on any atom is 0.342 e. The topological polar surface area (TPSA) is 185 Å². The van der Waals surface area contributed by atoms with Crippen LogP contribution >= 0.6 is 12.4 Å². The van der Waals surface area contributed by atoms with Gasteiger partial charge in [0, 0.05) is 31.4 Å². The molecule has 0 spiro atoms. The molecule has 0 saturated heterocycles. The van der Waals surface area contributed by atoms with Crippen molar-refractivity contribution >= 4 is 40.2 Å². The summed E-state index contributed by atoms with van der Waals surface area (Å²) in [6.45, 7) is 0.0503. The smallest absolute Gasteiger partial charge is 0.342 e. The van der Waals surface area contributed by atoms with E-state index in [2.05, 4.69) is 0 Å². The van der Waals surface area contributed by atoms with Crippen LogP contribution in [0.1, 0.15) is 36.0 Å². The highest BCUT2D eigenvalue weighted by molar-refractivity contribution is 6.07. The molecule has 39 heavy (non-hydrogen) atoms. The molecule has 1 aliphatic rings. The molecule has 12 heteroatoms. The van der Waals surface area contributed by atoms with Gasteiger partial charge in [-0.25, -0.2) is 4.79 Å². The summed E-state index contributed by atoms with van der Waals surface area (Å²) >= 11 is 0. The Morgan fingerprint density at radius 3 is 2.36 bits per heavy atom. The maximum absolute atomic E-state index is 13.7. The monoisotopic (exact) mass is 558 g/mol. The summed E-state index contributed by atoms with van der Waals surface area (Å²) in [6.07, 6.45) is 5.51. The first-order valence-corrected chi connectivity index (χ1v) is 12.1. The number of aromatic hydroxyl groups is 4. The number of fused-ring (bicyclic) bond motifs is 2. The van der Waals surface area contributed by atoms with Crippen molar-refractivity contribution in [1.29, 1.82) is 0 Å². The van der Waals surface area contributed by atoms with Crippen molar-refractivity contribution in [2.75, 3.05) is 6.61 Å². The van der Waals surface area contributed by atoms with E-state index in [-0.39, 0.29) is 58.5 Å². The molecule has 0 amide bonds. The number of ether oxygens (including phenoxy) is 1. The molecule has 0 atom stereocenters. The van der Waals surface area contributed by atoms with Gasteiger partial charge < -0.3 is 39.9 Å². The van der Waals surface area contributed by atoms with Crippen molar-refractivity contribution < 1.29 is 34.4 Å². The van der Waals surface area contributed by atoms with E-state index in [1.807, 2.05) is 0 Å². The van der Waals surface area contributed by atoms with Crippen LogP contribution in [-0.4, -0.2) is 43.6 Å². The summed E-state index contributed by atoms with van der Waals surface area (Å²) in [7, 11) is 1.58. The quantitative estimate of drug-likeness (QED) is 0.184. The third kappa shape index (κ3) is 4.86. The van der Waals surface area contributed by atoms with Gasteiger partial charge in [-0.1, -0.05) is 0 Å². The molecule has 206 valence electrons. The van der Waals surface area contributed by atoms with Gasteiger partial charge in [0.05, 0.1) is 34.0 Å². The molecule has 1 fully saturated rings. The van der Waals surface area contributed by atoms with Crippen LogP contribution < -0.4 is 16.6 Å². The van der Waals surface area contributed by atoms with Gasteiger partial charge in [0.25, 0.3) is 0 Å². The second-order valence-corrected chi connectivity index (χ2v) is 9.69. The number of phenols is 4. The van der Waals surface area contributed by atoms with Crippen LogP contribution in [0, 0.1) is 5.92 Å². The van der Waals surface area contributed by atoms with Gasteiger partial charge in [-0.05, 0) is 37.7 Å². The zero-order valence-electron chi connectivity index (χ0n) is 20.8. The summed E-state index contributed by atoms with van der Waals surface area (Å²) in [5.74, 6) is -3.39. The van der Waals surface area contributed by atoms with E-state index in [1.165, 1.54) is 16.8 Å². The molecule has 0 bridgehead atoms. The summed E-state index contributed by atoms with van der Waals surface area (Å²) in [6, 6.07) is 3.41. The lowest BCUT2D eigenvalue weighted by molar-refractivity contribution is 0.0404. The van der Waals surface area contributed by atoms with Gasteiger partial charge >= 0.3 is 5.97 Å². The lowest BCUT2D eigenvalue weighted by Crippen LogP contribution is -2.28. The first-order valence-electron chi connectivity index (χ1n) is 12.1. The standard InChI is InChI=1S/C27H26N2O9.ClH/c1-29-9-15(24(33)14-6-18(30)19(31)7-17(14)29)16-11-37-21-8-20(32)26(35)23(22(21)25(16)34)27(36)38-10-12-2-4-13(28)5-3-12;/h6-9,11-13,30-32,35H,2-5,10,28H2,1H3;1H. The minimum Gasteiger partial charge on any atom is -0.504 e. The molecule has 1 aliphatic carbocycles. The van der Waals surface area contributed by atoms with Gasteiger partial charge in [0.2, 0.25) is 5.43 Å². The Hall–Kier alpha value is -4.22. The molecular formula is C27H27ClN2O9. The fourth-order valence-electron chi connectivity index (χ4n) is 4.97. The number of phenolic OH excluding ortho intramolecular Hbond substituents is 4. The van der Waals surface area contributed by atoms with Gasteiger partial charge in [0.15, 0.2) is 28.4 Å². The number of rotatable bonds is 4. The molecule has 6 N–H and O–H groups in total. The fourth-order valence-corrected chi connectivity index (χ4v) is 4.97. The lowest BCUT2D eigenvalue weighted by atomic mass is 9.87. The highest BCUT2D eigenvalue weighted by Gasteiger charge is 2.28. The molecule has 0 aliphatic heterocycles. The third-order valence-electron chi connectivity index (χ3n) is 7.14. The number of aryl methyl sites for hydroxylation is 1. The van der Waals surface area contributed by atoms with Gasteiger partial charge in [-0.2, -0.15) is 0 Å². The number of halogens is 1. The van der Waals surface area contributed by atoms with E-state index in [0.717, 1.165) is 44.1 Å². The van der Waals surface area contributed by atoms with Crippen LogP contribution in [0.2, 0.25) is 0 Å². The Labute approximate surface area is 227 Å². The maximum atomic E-state index is 13.7. The number of hydrogen-bond acceptors (Lipinski definition) is 10. The van der Waals surface area contributed by atoms with E-state index in [1.54, 1.807) is 7.05 Å². The molecule has 5 rings (SSSR count). The fraction of sp³-hybridized carbons (Fsp3) is 0.296. The molecule has 2 aromatic carbocycles. The Balaban J connectivity index is 0.00000353. The van der Waals surface area contributed by atoms with E-state index >= 15 is 0 Å². The number of carbonyl (C=O) groups excluding carboxylic acids is 1. The average Bonchev–Trinajstić information content (AvgIpc) is 2.88. The number of carbonyl (C=O) groups is 1. The van der Waals surface area contributed by atoms with E-state index in [9.17, 15) is 34.8 Å². The number of esters is 1. The van der Waals surface area contributed by atoms with Gasteiger partial charge in [-0.15, -0.1) is 12.4 Å². The van der Waals surface area contributed by atoms with Crippen LogP contribution in [0.4, 0.5) is 0 Å². The number of pyridine rings is 1. The normalized spacial score (nSPS) is 17.2. The van der Waals surface area contributed by atoms with Crippen molar-refractivity contribution in [3.05, 3.63) is 56.7 Å². The molecule has 0 unspecified atom stereocenters. The molecule has 11 nitrogen and oxygen atoms in total. The Kier molecular flexibility index (Phi) is 7.49. The summed E-state index contributed by atoms with van der Waals surface area (Å²) in [5.41, 5.74) is 3.70. The molecular weight excluding hydrogens is 532 g/mol. The highest BCUT2D eigenvalue weighted by Crippen LogP contribution is 2.36. The second-order valence-electron chi connectivity index (χ2n) is 9.69. The zero-order valence-corrected chi connectivity index (χ0v) is 21.7. The number of nitrogens with two attached hydrogens (primary N) is 1. The number of hydrogen-bond donors (Lipinski definition) is 5. The number of nitrogens with zero attached hydrogens (tertiary/aromatic N) is 1. The Morgan fingerprint density at radius 2 is 1.67 bits per heavy atom. The molecule has 2 aromatic heterocycles. The van der Waals surface area contributed by atoms with Crippen LogP contribution in [0.5, 0.6) is 23.0 Å². The van der Waals surface area contributed by atoms with Crippen LogP contribution in [0.3, 0.4) is 0 Å². The first kappa shape index (κ1) is 27.8. The molecule has 1 saturated carbocycles. The van der Waals surface area contributed by atoms with Crippen LogP contribution in [0.25, 0.3) is 33.0 Å². The summed E-state index contributed by atoms with van der Waals surface area (Å²) in [4.78, 5) is 40.1. The third-order valence-corrected chi connectivity index (χ3v) is 7.14. The first-order chi connectivity index (χ1) is 18.1. The lowest BCUT2D eigenvalue weighted by Gasteiger charge is -2.25. The molecule has 0 radical (unpaired) electrons. The number of aromatic nitrogens is 1. The highest BCUT2D eigenvalue weighted by atomic mass is 35.5. The second kappa shape index (κ2) is 10.5. The average molecular weight is 559 g/mol. The van der Waals surface area contributed by atoms with Gasteiger partial charge in [0.1, 0.15) is 17.4 Å². The van der Waals surface area contributed by atoms with E-state index in [4.69, 9.17) is 14.9 Å².